The molecule has 4 aromatic rings. The van der Waals surface area contributed by atoms with Gasteiger partial charge in [0.1, 0.15) is 23.1 Å². The van der Waals surface area contributed by atoms with Crippen LogP contribution in [0.3, 0.4) is 0 Å². The van der Waals surface area contributed by atoms with E-state index in [0.29, 0.717) is 30.5 Å². The summed E-state index contributed by atoms with van der Waals surface area (Å²) in [7, 11) is 0. The molecular weight excluding hydrogens is 439 g/mol. The largest absolute Gasteiger partial charge is 0.490 e. The Morgan fingerprint density at radius 1 is 1.03 bits per heavy atom. The lowest BCUT2D eigenvalue weighted by atomic mass is 10.1. The van der Waals surface area contributed by atoms with Crippen LogP contribution in [0.4, 0.5) is 4.39 Å². The number of thiophene rings is 1. The second kappa shape index (κ2) is 9.35. The van der Waals surface area contributed by atoms with Gasteiger partial charge in [-0.05, 0) is 74.1 Å². The Balaban J connectivity index is 1.46. The molecule has 1 N–H and O–H groups in total. The normalized spacial score (nSPS) is 13.5. The Morgan fingerprint density at radius 2 is 1.85 bits per heavy atom. The number of aromatic nitrogens is 2. The minimum absolute atomic E-state index is 0.0796. The molecule has 33 heavy (non-hydrogen) atoms. The van der Waals surface area contributed by atoms with Gasteiger partial charge in [-0.3, -0.25) is 4.79 Å². The molecule has 170 valence electrons. The first kappa shape index (κ1) is 21.6. The number of fused-ring (bicyclic) bond motifs is 3. The third-order valence-electron chi connectivity index (χ3n) is 5.90. The van der Waals surface area contributed by atoms with Crippen LogP contribution in [-0.2, 0) is 19.4 Å². The molecule has 0 atom stereocenters. The topological polar surface area (TPSA) is 64.2 Å². The molecule has 0 fully saturated rings. The third-order valence-corrected chi connectivity index (χ3v) is 7.09. The predicted molar refractivity (Wildman–Crippen MR) is 129 cm³/mol. The van der Waals surface area contributed by atoms with E-state index in [1.807, 2.05) is 25.1 Å². The Labute approximate surface area is 195 Å². The number of ether oxygens (including phenoxy) is 2. The first-order chi connectivity index (χ1) is 16.1. The summed E-state index contributed by atoms with van der Waals surface area (Å²) in [6.07, 6.45) is 5.48. The number of aryl methyl sites for hydroxylation is 2. The maximum Gasteiger partial charge on any atom is 0.260 e. The molecule has 1 aliphatic rings. The summed E-state index contributed by atoms with van der Waals surface area (Å²) in [5.41, 5.74) is 2.73. The maximum absolute atomic E-state index is 13.1. The van der Waals surface area contributed by atoms with Crippen LogP contribution < -0.4 is 15.0 Å². The second-order valence-electron chi connectivity index (χ2n) is 8.17. The van der Waals surface area contributed by atoms with Crippen molar-refractivity contribution in [1.82, 2.24) is 9.97 Å². The predicted octanol–water partition coefficient (Wildman–Crippen LogP) is 6.04. The van der Waals surface area contributed by atoms with Gasteiger partial charge in [0.15, 0.2) is 11.5 Å². The molecule has 7 heteroatoms. The fourth-order valence-corrected chi connectivity index (χ4v) is 5.52. The van der Waals surface area contributed by atoms with E-state index in [1.54, 1.807) is 23.5 Å². The summed E-state index contributed by atoms with van der Waals surface area (Å²) in [6.45, 7) is 2.67. The molecule has 2 heterocycles. The van der Waals surface area contributed by atoms with Crippen molar-refractivity contribution in [2.45, 2.75) is 45.6 Å². The average molecular weight is 465 g/mol. The van der Waals surface area contributed by atoms with Crippen LogP contribution in [-0.4, -0.2) is 16.6 Å². The van der Waals surface area contributed by atoms with Crippen LogP contribution >= 0.6 is 11.3 Å². The van der Waals surface area contributed by atoms with E-state index in [0.717, 1.165) is 40.6 Å². The maximum atomic E-state index is 13.1. The van der Waals surface area contributed by atoms with Crippen molar-refractivity contribution in [3.63, 3.8) is 0 Å². The number of rotatable bonds is 6. The lowest BCUT2D eigenvalue weighted by molar-refractivity contribution is 0.269. The summed E-state index contributed by atoms with van der Waals surface area (Å²) in [6, 6.07) is 11.7. The lowest BCUT2D eigenvalue weighted by Gasteiger charge is -2.13. The van der Waals surface area contributed by atoms with Crippen LogP contribution in [0.2, 0.25) is 0 Å². The molecule has 5 nitrogen and oxygen atoms in total. The van der Waals surface area contributed by atoms with Crippen molar-refractivity contribution in [2.75, 3.05) is 6.61 Å². The number of aromatic amines is 1. The van der Waals surface area contributed by atoms with Crippen LogP contribution in [0.25, 0.3) is 21.6 Å². The molecular formula is C26H25FN2O3S. The first-order valence-electron chi connectivity index (χ1n) is 11.3. The standard InChI is InChI=1S/C26H25FN2O3S/c1-2-31-21-14-17(10-13-20(21)32-15-16-8-11-18(27)12-9-16)24-28-25(30)23-19-6-4-3-5-7-22(19)33-26(23)29-24/h8-14H,2-7,15H2,1H3,(H,28,29,30). The molecule has 0 unspecified atom stereocenters. The van der Waals surface area contributed by atoms with Gasteiger partial charge in [-0.1, -0.05) is 18.6 Å². The Bertz CT molecular complexity index is 1340. The molecule has 2 aromatic heterocycles. The number of nitrogens with one attached hydrogen (secondary N) is 1. The first-order valence-corrected chi connectivity index (χ1v) is 12.1. The van der Waals surface area contributed by atoms with Crippen LogP contribution in [0.5, 0.6) is 11.5 Å². The zero-order chi connectivity index (χ0) is 22.8. The fourth-order valence-electron chi connectivity index (χ4n) is 4.26. The van der Waals surface area contributed by atoms with Gasteiger partial charge >= 0.3 is 0 Å². The highest BCUT2D eigenvalue weighted by Gasteiger charge is 2.20. The summed E-state index contributed by atoms with van der Waals surface area (Å²) < 4.78 is 24.9. The summed E-state index contributed by atoms with van der Waals surface area (Å²) in [5, 5.41) is 0.755. The SMILES string of the molecule is CCOc1cc(-c2nc3sc4c(c3c(=O)[nH]2)CCCCC4)ccc1OCc1ccc(F)cc1. The van der Waals surface area contributed by atoms with Gasteiger partial charge in [0.25, 0.3) is 5.56 Å². The summed E-state index contributed by atoms with van der Waals surface area (Å²) in [4.78, 5) is 22.9. The molecule has 0 aliphatic heterocycles. The fraction of sp³-hybridized carbons (Fsp3) is 0.308. The zero-order valence-electron chi connectivity index (χ0n) is 18.4. The van der Waals surface area contributed by atoms with Gasteiger partial charge in [0.2, 0.25) is 0 Å². The minimum atomic E-state index is -0.279. The van der Waals surface area contributed by atoms with Gasteiger partial charge < -0.3 is 14.5 Å². The quantitative estimate of drug-likeness (QED) is 0.354. The highest BCUT2D eigenvalue weighted by atomic mass is 32.1. The molecule has 0 spiro atoms. The monoisotopic (exact) mass is 464 g/mol. The van der Waals surface area contributed by atoms with Crippen molar-refractivity contribution in [3.05, 3.63) is 74.6 Å². The molecule has 0 amide bonds. The number of hydrogen-bond acceptors (Lipinski definition) is 5. The van der Waals surface area contributed by atoms with Gasteiger partial charge in [0, 0.05) is 10.4 Å². The van der Waals surface area contributed by atoms with Gasteiger partial charge in [0.05, 0.1) is 12.0 Å². The summed E-state index contributed by atoms with van der Waals surface area (Å²) >= 11 is 1.65. The molecule has 2 aromatic carbocycles. The van der Waals surface area contributed by atoms with E-state index in [9.17, 15) is 9.18 Å². The lowest BCUT2D eigenvalue weighted by Crippen LogP contribution is -2.10. The summed E-state index contributed by atoms with van der Waals surface area (Å²) in [5.74, 6) is 1.40. The molecule has 0 radical (unpaired) electrons. The van der Waals surface area contributed by atoms with Crippen LogP contribution in [0.15, 0.2) is 47.3 Å². The van der Waals surface area contributed by atoms with Crippen molar-refractivity contribution in [3.8, 4) is 22.9 Å². The third kappa shape index (κ3) is 4.50. The van der Waals surface area contributed by atoms with Crippen LogP contribution in [0, 0.1) is 5.82 Å². The highest BCUT2D eigenvalue weighted by Crippen LogP contribution is 2.35. The van der Waals surface area contributed by atoms with Crippen molar-refractivity contribution in [1.29, 1.82) is 0 Å². The number of hydrogen-bond donors (Lipinski definition) is 1. The minimum Gasteiger partial charge on any atom is -0.490 e. The van der Waals surface area contributed by atoms with Crippen molar-refractivity contribution < 1.29 is 13.9 Å². The number of benzene rings is 2. The molecule has 0 bridgehead atoms. The smallest absolute Gasteiger partial charge is 0.260 e. The van der Waals surface area contributed by atoms with E-state index in [2.05, 4.69) is 4.98 Å². The van der Waals surface area contributed by atoms with Gasteiger partial charge in [-0.15, -0.1) is 11.3 Å². The Morgan fingerprint density at radius 3 is 2.67 bits per heavy atom. The number of halogens is 1. The second-order valence-corrected chi connectivity index (χ2v) is 9.25. The molecule has 1 aliphatic carbocycles. The van der Waals surface area contributed by atoms with E-state index in [-0.39, 0.29) is 11.4 Å². The molecule has 0 saturated carbocycles. The van der Waals surface area contributed by atoms with E-state index in [1.165, 1.54) is 35.4 Å². The highest BCUT2D eigenvalue weighted by molar-refractivity contribution is 7.18. The Hall–Kier alpha value is -3.19. The van der Waals surface area contributed by atoms with E-state index in [4.69, 9.17) is 14.5 Å². The Kier molecular flexibility index (Phi) is 6.13. The van der Waals surface area contributed by atoms with Crippen molar-refractivity contribution >= 4 is 21.6 Å². The molecule has 5 rings (SSSR count). The molecule has 0 saturated heterocycles. The van der Waals surface area contributed by atoms with Crippen molar-refractivity contribution in [2.24, 2.45) is 0 Å². The van der Waals surface area contributed by atoms with Gasteiger partial charge in [-0.2, -0.15) is 0 Å². The zero-order valence-corrected chi connectivity index (χ0v) is 19.3. The number of H-pyrrole nitrogens is 1. The van der Waals surface area contributed by atoms with E-state index < -0.39 is 0 Å². The van der Waals surface area contributed by atoms with E-state index >= 15 is 0 Å². The van der Waals surface area contributed by atoms with Crippen LogP contribution in [0.1, 0.15) is 42.2 Å². The number of nitrogens with zero attached hydrogens (tertiary/aromatic N) is 1. The average Bonchev–Trinajstić information content (AvgIpc) is 3.01. The van der Waals surface area contributed by atoms with Gasteiger partial charge in [-0.25, -0.2) is 9.37 Å².